The number of carbonyl (C=O) groups is 1. The summed E-state index contributed by atoms with van der Waals surface area (Å²) in [4.78, 5) is 41.7. The summed E-state index contributed by atoms with van der Waals surface area (Å²) in [5.41, 5.74) is 5.42. The van der Waals surface area contributed by atoms with E-state index in [1.54, 1.807) is 4.90 Å². The third-order valence-electron chi connectivity index (χ3n) is 5.41. The van der Waals surface area contributed by atoms with Gasteiger partial charge < -0.3 is 16.0 Å². The van der Waals surface area contributed by atoms with Crippen LogP contribution in [-0.2, 0) is 11.3 Å². The van der Waals surface area contributed by atoms with Gasteiger partial charge in [0.25, 0.3) is 5.56 Å². The molecule has 0 bridgehead atoms. The summed E-state index contributed by atoms with van der Waals surface area (Å²) >= 11 is 0. The number of amides is 1. The summed E-state index contributed by atoms with van der Waals surface area (Å²) in [5.74, 6) is 0.244. The first kappa shape index (κ1) is 23.0. The lowest BCUT2D eigenvalue weighted by atomic mass is 10.1. The molecule has 0 radical (unpaired) electrons. The Kier molecular flexibility index (Phi) is 8.79. The van der Waals surface area contributed by atoms with E-state index < -0.39 is 11.2 Å². The minimum Gasteiger partial charge on any atom is -0.383 e. The van der Waals surface area contributed by atoms with Crippen molar-refractivity contribution in [1.29, 1.82) is 0 Å². The number of H-pyrrole nitrogens is 1. The van der Waals surface area contributed by atoms with Gasteiger partial charge in [-0.1, -0.05) is 52.9 Å². The molecule has 1 aromatic heterocycles. The van der Waals surface area contributed by atoms with Crippen molar-refractivity contribution in [1.82, 2.24) is 14.9 Å². The van der Waals surface area contributed by atoms with E-state index in [1.807, 2.05) is 20.8 Å². The molecule has 164 valence electrons. The van der Waals surface area contributed by atoms with Crippen LogP contribution in [0.15, 0.2) is 9.59 Å². The first-order valence-electron chi connectivity index (χ1n) is 11.0. The maximum Gasteiger partial charge on any atom is 0.330 e. The third-order valence-corrected chi connectivity index (χ3v) is 5.41. The molecule has 1 aliphatic carbocycles. The zero-order chi connectivity index (χ0) is 21.4. The number of aromatic nitrogens is 2. The molecule has 1 fully saturated rings. The maximum absolute atomic E-state index is 12.8. The summed E-state index contributed by atoms with van der Waals surface area (Å²) in [6, 6.07) is 0.194. The lowest BCUT2D eigenvalue weighted by Crippen LogP contribution is -2.46. The zero-order valence-electron chi connectivity index (χ0n) is 18.1. The zero-order valence-corrected chi connectivity index (χ0v) is 18.1. The van der Waals surface area contributed by atoms with E-state index in [9.17, 15) is 14.4 Å². The SMILES string of the molecule is CCCCn1c(N)c(N(CC(=O)NC2CCCCCC2)CC(C)C)c(=O)[nH]c1=O. The highest BCUT2D eigenvalue weighted by Gasteiger charge is 2.23. The molecule has 0 atom stereocenters. The van der Waals surface area contributed by atoms with Crippen LogP contribution in [-0.4, -0.2) is 34.6 Å². The number of nitrogens with one attached hydrogen (secondary N) is 2. The minimum absolute atomic E-state index is 0.0495. The predicted molar refractivity (Wildman–Crippen MR) is 117 cm³/mol. The number of nitrogen functional groups attached to an aromatic ring is 1. The molecule has 1 aromatic rings. The highest BCUT2D eigenvalue weighted by Crippen LogP contribution is 2.20. The summed E-state index contributed by atoms with van der Waals surface area (Å²) in [6.07, 6.45) is 8.39. The number of hydrogen-bond donors (Lipinski definition) is 3. The Bertz CT molecular complexity index is 776. The van der Waals surface area contributed by atoms with E-state index in [4.69, 9.17) is 5.73 Å². The Hall–Kier alpha value is -2.25. The van der Waals surface area contributed by atoms with Gasteiger partial charge in [0.1, 0.15) is 11.5 Å². The van der Waals surface area contributed by atoms with Gasteiger partial charge in [-0.05, 0) is 25.2 Å². The quantitative estimate of drug-likeness (QED) is 0.543. The van der Waals surface area contributed by atoms with Crippen LogP contribution in [0.1, 0.15) is 72.1 Å². The normalized spacial score (nSPS) is 15.3. The van der Waals surface area contributed by atoms with Crippen molar-refractivity contribution in [2.75, 3.05) is 23.7 Å². The van der Waals surface area contributed by atoms with E-state index in [2.05, 4.69) is 10.3 Å². The average molecular weight is 408 g/mol. The van der Waals surface area contributed by atoms with Crippen LogP contribution in [0, 0.1) is 5.92 Å². The molecule has 2 rings (SSSR count). The second kappa shape index (κ2) is 11.1. The first-order chi connectivity index (χ1) is 13.8. The van der Waals surface area contributed by atoms with Crippen molar-refractivity contribution in [2.45, 2.75) is 84.7 Å². The third kappa shape index (κ3) is 6.65. The molecule has 0 spiro atoms. The Morgan fingerprint density at radius 1 is 1.24 bits per heavy atom. The molecule has 8 nitrogen and oxygen atoms in total. The predicted octanol–water partition coefficient (Wildman–Crippen LogP) is 2.22. The molecular weight excluding hydrogens is 370 g/mol. The Balaban J connectivity index is 2.26. The fourth-order valence-electron chi connectivity index (χ4n) is 3.97. The molecule has 0 aromatic carbocycles. The maximum atomic E-state index is 12.8. The summed E-state index contributed by atoms with van der Waals surface area (Å²) in [5, 5.41) is 3.13. The summed E-state index contributed by atoms with van der Waals surface area (Å²) in [7, 11) is 0. The van der Waals surface area contributed by atoms with Gasteiger partial charge in [0.2, 0.25) is 5.91 Å². The van der Waals surface area contributed by atoms with Gasteiger partial charge in [-0.15, -0.1) is 0 Å². The van der Waals surface area contributed by atoms with Crippen molar-refractivity contribution < 1.29 is 4.79 Å². The molecule has 29 heavy (non-hydrogen) atoms. The summed E-state index contributed by atoms with van der Waals surface area (Å²) in [6.45, 7) is 7.05. The number of nitrogens with two attached hydrogens (primary N) is 1. The number of unbranched alkanes of at least 4 members (excludes halogenated alkanes) is 1. The van der Waals surface area contributed by atoms with E-state index >= 15 is 0 Å². The number of anilines is 2. The Morgan fingerprint density at radius 2 is 1.90 bits per heavy atom. The average Bonchev–Trinajstić information content (AvgIpc) is 2.89. The van der Waals surface area contributed by atoms with Crippen LogP contribution in [0.4, 0.5) is 11.5 Å². The number of nitrogens with zero attached hydrogens (tertiary/aromatic N) is 2. The molecule has 1 heterocycles. The fourth-order valence-corrected chi connectivity index (χ4v) is 3.97. The largest absolute Gasteiger partial charge is 0.383 e. The highest BCUT2D eigenvalue weighted by atomic mass is 16.2. The van der Waals surface area contributed by atoms with Crippen LogP contribution >= 0.6 is 0 Å². The van der Waals surface area contributed by atoms with Gasteiger partial charge in [0.15, 0.2) is 0 Å². The van der Waals surface area contributed by atoms with Crippen LogP contribution in [0.25, 0.3) is 0 Å². The minimum atomic E-state index is -0.539. The lowest BCUT2D eigenvalue weighted by molar-refractivity contribution is -0.120. The van der Waals surface area contributed by atoms with Crippen LogP contribution in [0.3, 0.4) is 0 Å². The monoisotopic (exact) mass is 407 g/mol. The van der Waals surface area contributed by atoms with Gasteiger partial charge in [-0.25, -0.2) is 4.79 Å². The van der Waals surface area contributed by atoms with Gasteiger partial charge in [-0.3, -0.25) is 19.1 Å². The van der Waals surface area contributed by atoms with Crippen LogP contribution < -0.4 is 27.2 Å². The lowest BCUT2D eigenvalue weighted by Gasteiger charge is -2.28. The molecule has 1 saturated carbocycles. The molecule has 8 heteroatoms. The van der Waals surface area contributed by atoms with Crippen molar-refractivity contribution in [3.8, 4) is 0 Å². The second-order valence-electron chi connectivity index (χ2n) is 8.53. The van der Waals surface area contributed by atoms with E-state index in [-0.39, 0.29) is 35.9 Å². The van der Waals surface area contributed by atoms with Gasteiger partial charge in [0, 0.05) is 19.1 Å². The Morgan fingerprint density at radius 3 is 2.48 bits per heavy atom. The first-order valence-corrected chi connectivity index (χ1v) is 11.0. The smallest absolute Gasteiger partial charge is 0.330 e. The van der Waals surface area contributed by atoms with Crippen LogP contribution in [0.2, 0.25) is 0 Å². The van der Waals surface area contributed by atoms with Crippen molar-refractivity contribution in [3.63, 3.8) is 0 Å². The van der Waals surface area contributed by atoms with Crippen molar-refractivity contribution in [2.24, 2.45) is 5.92 Å². The molecule has 0 saturated heterocycles. The second-order valence-corrected chi connectivity index (χ2v) is 8.53. The van der Waals surface area contributed by atoms with E-state index in [0.29, 0.717) is 13.1 Å². The number of carbonyl (C=O) groups excluding carboxylic acids is 1. The van der Waals surface area contributed by atoms with E-state index in [1.165, 1.54) is 17.4 Å². The van der Waals surface area contributed by atoms with Crippen molar-refractivity contribution in [3.05, 3.63) is 20.8 Å². The number of aromatic amines is 1. The summed E-state index contributed by atoms with van der Waals surface area (Å²) < 4.78 is 1.40. The molecule has 1 amide bonds. The van der Waals surface area contributed by atoms with E-state index in [0.717, 1.165) is 38.5 Å². The van der Waals surface area contributed by atoms with Gasteiger partial charge in [-0.2, -0.15) is 0 Å². The fraction of sp³-hybridized carbons (Fsp3) is 0.762. The number of rotatable bonds is 9. The van der Waals surface area contributed by atoms with Gasteiger partial charge in [0.05, 0.1) is 6.54 Å². The molecule has 1 aliphatic rings. The molecule has 0 aliphatic heterocycles. The highest BCUT2D eigenvalue weighted by molar-refractivity contribution is 5.82. The van der Waals surface area contributed by atoms with Crippen LogP contribution in [0.5, 0.6) is 0 Å². The molecule has 4 N–H and O–H groups in total. The van der Waals surface area contributed by atoms with Gasteiger partial charge >= 0.3 is 5.69 Å². The molecular formula is C21H37N5O3. The standard InChI is InChI=1S/C21H37N5O3/c1-4-5-12-26-19(22)18(20(28)24-21(26)29)25(13-15(2)3)14-17(27)23-16-10-8-6-7-9-11-16/h15-16H,4-14,22H2,1-3H3,(H,23,27)(H,24,28,29). The Labute approximate surface area is 172 Å². The molecule has 0 unspecified atom stereocenters. The topological polar surface area (TPSA) is 113 Å². The van der Waals surface area contributed by atoms with Crippen molar-refractivity contribution >= 4 is 17.4 Å². The number of hydrogen-bond acceptors (Lipinski definition) is 5.